The van der Waals surface area contributed by atoms with Gasteiger partial charge in [-0.15, -0.1) is 0 Å². The third kappa shape index (κ3) is 2.28. The van der Waals surface area contributed by atoms with E-state index in [0.717, 1.165) is 10.6 Å². The zero-order valence-electron chi connectivity index (χ0n) is 10.1. The molecule has 0 bridgehead atoms. The molecule has 1 heterocycles. The van der Waals surface area contributed by atoms with Crippen LogP contribution in [0.5, 0.6) is 0 Å². The molecule has 0 spiro atoms. The summed E-state index contributed by atoms with van der Waals surface area (Å²) in [5.41, 5.74) is 3.85. The molecule has 3 heteroatoms. The quantitative estimate of drug-likeness (QED) is 0.916. The lowest BCUT2D eigenvalue weighted by Crippen LogP contribution is -1.90. The van der Waals surface area contributed by atoms with Crippen LogP contribution in [0.4, 0.5) is 0 Å². The number of rotatable bonds is 3. The topological polar surface area (TPSA) is 33.1 Å². The molecule has 0 aliphatic heterocycles. The van der Waals surface area contributed by atoms with Crippen molar-refractivity contribution in [2.24, 2.45) is 0 Å². The average Bonchev–Trinajstić information content (AvgIpc) is 2.87. The molecule has 2 nitrogen and oxygen atoms in total. The lowest BCUT2D eigenvalue weighted by atomic mass is 10.1. The van der Waals surface area contributed by atoms with E-state index in [-0.39, 0.29) is 6.61 Å². The standard InChI is InChI=1S/C15H15NOS/c17-10-13-5-2-8-16-15(13)18-14-7-6-11-3-1-4-12(11)9-14/h2,5-9,17H,1,3-4,10H2. The van der Waals surface area contributed by atoms with Gasteiger partial charge in [-0.1, -0.05) is 23.9 Å². The van der Waals surface area contributed by atoms with E-state index in [0.29, 0.717) is 0 Å². The summed E-state index contributed by atoms with van der Waals surface area (Å²) in [6, 6.07) is 10.4. The number of aliphatic hydroxyl groups excluding tert-OH is 1. The number of aromatic nitrogens is 1. The fourth-order valence-electron chi connectivity index (χ4n) is 2.36. The van der Waals surface area contributed by atoms with Crippen LogP contribution in [0, 0.1) is 0 Å². The SMILES string of the molecule is OCc1cccnc1Sc1ccc2c(c1)CCC2. The van der Waals surface area contributed by atoms with Gasteiger partial charge in [0.2, 0.25) is 0 Å². The highest BCUT2D eigenvalue weighted by molar-refractivity contribution is 7.99. The van der Waals surface area contributed by atoms with Crippen molar-refractivity contribution in [3.05, 3.63) is 53.2 Å². The van der Waals surface area contributed by atoms with Crippen LogP contribution in [0.15, 0.2) is 46.5 Å². The fraction of sp³-hybridized carbons (Fsp3) is 0.267. The Balaban J connectivity index is 1.88. The summed E-state index contributed by atoms with van der Waals surface area (Å²) >= 11 is 1.63. The average molecular weight is 257 g/mol. The Morgan fingerprint density at radius 3 is 2.94 bits per heavy atom. The number of hydrogen-bond donors (Lipinski definition) is 1. The van der Waals surface area contributed by atoms with Gasteiger partial charge in [-0.25, -0.2) is 4.98 Å². The number of aryl methyl sites for hydroxylation is 2. The molecule has 1 N–H and O–H groups in total. The lowest BCUT2D eigenvalue weighted by Gasteiger charge is -2.07. The number of fused-ring (bicyclic) bond motifs is 1. The first kappa shape index (κ1) is 11.8. The van der Waals surface area contributed by atoms with Crippen LogP contribution in [-0.4, -0.2) is 10.1 Å². The Morgan fingerprint density at radius 2 is 2.06 bits per heavy atom. The summed E-state index contributed by atoms with van der Waals surface area (Å²) in [4.78, 5) is 5.55. The second-order valence-corrected chi connectivity index (χ2v) is 5.57. The molecular formula is C15H15NOS. The summed E-state index contributed by atoms with van der Waals surface area (Å²) in [5.74, 6) is 0. The number of benzene rings is 1. The lowest BCUT2D eigenvalue weighted by molar-refractivity contribution is 0.278. The van der Waals surface area contributed by atoms with Crippen LogP contribution in [-0.2, 0) is 19.4 Å². The van der Waals surface area contributed by atoms with Gasteiger partial charge in [-0.3, -0.25) is 0 Å². The van der Waals surface area contributed by atoms with Crippen LogP contribution in [0.2, 0.25) is 0 Å². The van der Waals surface area contributed by atoms with Gasteiger partial charge in [-0.05, 0) is 48.6 Å². The maximum absolute atomic E-state index is 9.30. The van der Waals surface area contributed by atoms with E-state index in [1.54, 1.807) is 18.0 Å². The molecule has 1 aromatic heterocycles. The molecule has 0 unspecified atom stereocenters. The molecule has 18 heavy (non-hydrogen) atoms. The largest absolute Gasteiger partial charge is 0.392 e. The normalized spacial score (nSPS) is 13.6. The fourth-order valence-corrected chi connectivity index (χ4v) is 3.30. The molecule has 1 aliphatic carbocycles. The predicted octanol–water partition coefficient (Wildman–Crippen LogP) is 3.21. The highest BCUT2D eigenvalue weighted by atomic mass is 32.2. The molecule has 0 saturated carbocycles. The van der Waals surface area contributed by atoms with E-state index in [2.05, 4.69) is 23.2 Å². The van der Waals surface area contributed by atoms with Crippen molar-refractivity contribution in [2.45, 2.75) is 35.8 Å². The Labute approximate surface area is 111 Å². The van der Waals surface area contributed by atoms with E-state index in [1.165, 1.54) is 35.3 Å². The molecule has 3 rings (SSSR count). The van der Waals surface area contributed by atoms with E-state index >= 15 is 0 Å². The summed E-state index contributed by atoms with van der Waals surface area (Å²) in [5, 5.41) is 10.2. The minimum atomic E-state index is 0.0428. The second-order valence-electron chi connectivity index (χ2n) is 4.51. The third-order valence-corrected chi connectivity index (χ3v) is 4.36. The zero-order chi connectivity index (χ0) is 12.4. The van der Waals surface area contributed by atoms with Crippen molar-refractivity contribution < 1.29 is 5.11 Å². The first-order valence-corrected chi connectivity index (χ1v) is 7.03. The van der Waals surface area contributed by atoms with Gasteiger partial charge in [0.25, 0.3) is 0 Å². The smallest absolute Gasteiger partial charge is 0.106 e. The summed E-state index contributed by atoms with van der Waals surface area (Å²) in [6.45, 7) is 0.0428. The number of hydrogen-bond acceptors (Lipinski definition) is 3. The van der Waals surface area contributed by atoms with Crippen molar-refractivity contribution >= 4 is 11.8 Å². The van der Waals surface area contributed by atoms with Crippen LogP contribution in [0.25, 0.3) is 0 Å². The molecule has 0 atom stereocenters. The second kappa shape index (κ2) is 5.12. The van der Waals surface area contributed by atoms with Gasteiger partial charge < -0.3 is 5.11 Å². The molecule has 1 aromatic carbocycles. The summed E-state index contributed by atoms with van der Waals surface area (Å²) < 4.78 is 0. The molecule has 0 radical (unpaired) electrons. The minimum Gasteiger partial charge on any atom is -0.392 e. The molecule has 0 saturated heterocycles. The summed E-state index contributed by atoms with van der Waals surface area (Å²) in [7, 11) is 0. The van der Waals surface area contributed by atoms with Crippen LogP contribution >= 0.6 is 11.8 Å². The highest BCUT2D eigenvalue weighted by Crippen LogP contribution is 2.32. The molecular weight excluding hydrogens is 242 g/mol. The number of aliphatic hydroxyl groups is 1. The van der Waals surface area contributed by atoms with Crippen molar-refractivity contribution in [1.82, 2.24) is 4.98 Å². The van der Waals surface area contributed by atoms with Crippen molar-refractivity contribution in [3.63, 3.8) is 0 Å². The van der Waals surface area contributed by atoms with E-state index in [1.807, 2.05) is 12.1 Å². The minimum absolute atomic E-state index is 0.0428. The monoisotopic (exact) mass is 257 g/mol. The predicted molar refractivity (Wildman–Crippen MR) is 72.7 cm³/mol. The molecule has 92 valence electrons. The van der Waals surface area contributed by atoms with Crippen molar-refractivity contribution in [1.29, 1.82) is 0 Å². The van der Waals surface area contributed by atoms with Crippen LogP contribution in [0.1, 0.15) is 23.1 Å². The van der Waals surface area contributed by atoms with Gasteiger partial charge in [-0.2, -0.15) is 0 Å². The Hall–Kier alpha value is -1.32. The van der Waals surface area contributed by atoms with Gasteiger partial charge in [0, 0.05) is 16.7 Å². The van der Waals surface area contributed by atoms with Gasteiger partial charge in [0.15, 0.2) is 0 Å². The van der Waals surface area contributed by atoms with Crippen LogP contribution in [0.3, 0.4) is 0 Å². The first-order valence-electron chi connectivity index (χ1n) is 6.21. The maximum Gasteiger partial charge on any atom is 0.106 e. The Bertz CT molecular complexity index is 568. The van der Waals surface area contributed by atoms with E-state index in [4.69, 9.17) is 0 Å². The Kier molecular flexibility index (Phi) is 3.35. The summed E-state index contributed by atoms with van der Waals surface area (Å²) in [6.07, 6.45) is 5.45. The number of nitrogens with zero attached hydrogens (tertiary/aromatic N) is 1. The molecule has 2 aromatic rings. The van der Waals surface area contributed by atoms with Gasteiger partial charge in [0.05, 0.1) is 6.61 Å². The van der Waals surface area contributed by atoms with E-state index < -0.39 is 0 Å². The third-order valence-electron chi connectivity index (χ3n) is 3.30. The van der Waals surface area contributed by atoms with E-state index in [9.17, 15) is 5.11 Å². The van der Waals surface area contributed by atoms with Gasteiger partial charge >= 0.3 is 0 Å². The van der Waals surface area contributed by atoms with Crippen molar-refractivity contribution in [3.8, 4) is 0 Å². The molecule has 1 aliphatic rings. The highest BCUT2D eigenvalue weighted by Gasteiger charge is 2.12. The Morgan fingerprint density at radius 1 is 1.17 bits per heavy atom. The number of pyridine rings is 1. The van der Waals surface area contributed by atoms with Crippen LogP contribution < -0.4 is 0 Å². The zero-order valence-corrected chi connectivity index (χ0v) is 10.9. The van der Waals surface area contributed by atoms with Gasteiger partial charge in [0.1, 0.15) is 5.03 Å². The van der Waals surface area contributed by atoms with Crippen molar-refractivity contribution in [2.75, 3.05) is 0 Å². The first-order chi connectivity index (χ1) is 8.86. The molecule has 0 amide bonds. The molecule has 0 fully saturated rings. The maximum atomic E-state index is 9.30.